The van der Waals surface area contributed by atoms with E-state index in [0.717, 1.165) is 32.2 Å². The minimum Gasteiger partial charge on any atom is -0.378 e. The van der Waals surface area contributed by atoms with Gasteiger partial charge in [-0.2, -0.15) is 0 Å². The summed E-state index contributed by atoms with van der Waals surface area (Å²) in [6.45, 7) is 10.8. The molecule has 3 nitrogen and oxygen atoms in total. The average Bonchev–Trinajstić information content (AvgIpc) is 2.34. The van der Waals surface area contributed by atoms with Crippen LogP contribution >= 0.6 is 0 Å². The van der Waals surface area contributed by atoms with Gasteiger partial charge in [-0.05, 0) is 44.9 Å². The zero-order chi connectivity index (χ0) is 13.2. The molecule has 1 heterocycles. The van der Waals surface area contributed by atoms with Gasteiger partial charge >= 0.3 is 0 Å². The van der Waals surface area contributed by atoms with Gasteiger partial charge in [0.2, 0.25) is 0 Å². The van der Waals surface area contributed by atoms with E-state index >= 15 is 0 Å². The third kappa shape index (κ3) is 3.25. The molecule has 1 aliphatic carbocycles. The first-order chi connectivity index (χ1) is 8.53. The maximum Gasteiger partial charge on any atom is 0.0645 e. The molecule has 3 unspecified atom stereocenters. The van der Waals surface area contributed by atoms with Crippen molar-refractivity contribution in [2.24, 2.45) is 17.6 Å². The summed E-state index contributed by atoms with van der Waals surface area (Å²) in [6, 6.07) is 0.409. The van der Waals surface area contributed by atoms with Crippen LogP contribution in [0.4, 0.5) is 0 Å². The molecule has 2 aliphatic rings. The number of hydrogen-bond acceptors (Lipinski definition) is 3. The van der Waals surface area contributed by atoms with E-state index in [1.165, 1.54) is 25.7 Å². The number of nitrogens with zero attached hydrogens (tertiary/aromatic N) is 1. The molecule has 2 fully saturated rings. The molecule has 2 N–H and O–H groups in total. The van der Waals surface area contributed by atoms with Crippen LogP contribution in [0.15, 0.2) is 0 Å². The molecule has 3 atom stereocenters. The molecule has 18 heavy (non-hydrogen) atoms. The first kappa shape index (κ1) is 14.3. The van der Waals surface area contributed by atoms with Crippen LogP contribution in [0.25, 0.3) is 0 Å². The van der Waals surface area contributed by atoms with E-state index in [1.54, 1.807) is 0 Å². The lowest BCUT2D eigenvalue weighted by Gasteiger charge is -2.46. The van der Waals surface area contributed by atoms with Gasteiger partial charge in [-0.3, -0.25) is 4.90 Å². The summed E-state index contributed by atoms with van der Waals surface area (Å²) in [7, 11) is 0. The second-order valence-corrected chi connectivity index (χ2v) is 6.82. The van der Waals surface area contributed by atoms with Crippen LogP contribution in [-0.2, 0) is 4.74 Å². The Balaban J connectivity index is 1.94. The molecule has 0 aromatic rings. The monoisotopic (exact) mass is 254 g/mol. The van der Waals surface area contributed by atoms with Crippen LogP contribution in [0.3, 0.4) is 0 Å². The maximum absolute atomic E-state index is 6.34. The number of ether oxygens (including phenoxy) is 1. The smallest absolute Gasteiger partial charge is 0.0645 e. The van der Waals surface area contributed by atoms with E-state index in [0.29, 0.717) is 12.0 Å². The molecule has 0 bridgehead atoms. The molecule has 0 aromatic heterocycles. The number of rotatable bonds is 3. The van der Waals surface area contributed by atoms with Crippen molar-refractivity contribution < 1.29 is 4.74 Å². The highest BCUT2D eigenvalue weighted by Crippen LogP contribution is 2.32. The molecule has 0 spiro atoms. The highest BCUT2D eigenvalue weighted by atomic mass is 16.5. The fourth-order valence-corrected chi connectivity index (χ4v) is 3.48. The summed E-state index contributed by atoms with van der Waals surface area (Å²) in [4.78, 5) is 2.60. The lowest BCUT2D eigenvalue weighted by Crippen LogP contribution is -2.56. The topological polar surface area (TPSA) is 38.5 Å². The van der Waals surface area contributed by atoms with Gasteiger partial charge in [0.15, 0.2) is 0 Å². The van der Waals surface area contributed by atoms with Crippen molar-refractivity contribution in [3.63, 3.8) is 0 Å². The predicted octanol–water partition coefficient (Wildman–Crippen LogP) is 2.25. The summed E-state index contributed by atoms with van der Waals surface area (Å²) >= 11 is 0. The highest BCUT2D eigenvalue weighted by Gasteiger charge is 2.35. The Bertz CT molecular complexity index is 267. The van der Waals surface area contributed by atoms with Gasteiger partial charge in [0.1, 0.15) is 0 Å². The van der Waals surface area contributed by atoms with Crippen LogP contribution in [0, 0.1) is 11.8 Å². The number of hydrogen-bond donors (Lipinski definition) is 1. The molecule has 1 saturated heterocycles. The van der Waals surface area contributed by atoms with Crippen molar-refractivity contribution in [2.75, 3.05) is 26.3 Å². The SMILES string of the molecule is CCC1CCC(N)C(CN2CCOCC2(C)C)C1. The lowest BCUT2D eigenvalue weighted by molar-refractivity contribution is -0.0615. The Labute approximate surface area is 112 Å². The molecule has 1 saturated carbocycles. The number of nitrogens with two attached hydrogens (primary N) is 1. The third-order valence-electron chi connectivity index (χ3n) is 5.00. The van der Waals surface area contributed by atoms with Gasteiger partial charge in [0.05, 0.1) is 13.2 Å². The second-order valence-electron chi connectivity index (χ2n) is 6.82. The lowest BCUT2D eigenvalue weighted by atomic mass is 9.76. The summed E-state index contributed by atoms with van der Waals surface area (Å²) < 4.78 is 5.60. The summed E-state index contributed by atoms with van der Waals surface area (Å²) in [5.74, 6) is 1.58. The van der Waals surface area contributed by atoms with Crippen molar-refractivity contribution in [2.45, 2.75) is 58.0 Å². The molecule has 2 rings (SSSR count). The standard InChI is InChI=1S/C15H30N2O/c1-4-12-5-6-14(16)13(9-12)10-17-7-8-18-11-15(17,2)3/h12-14H,4-11,16H2,1-3H3. The van der Waals surface area contributed by atoms with Crippen LogP contribution in [0.5, 0.6) is 0 Å². The van der Waals surface area contributed by atoms with Gasteiger partial charge in [-0.1, -0.05) is 13.3 Å². The molecule has 0 amide bonds. The van der Waals surface area contributed by atoms with Crippen molar-refractivity contribution in [1.82, 2.24) is 4.90 Å². The fraction of sp³-hybridized carbons (Fsp3) is 1.00. The van der Waals surface area contributed by atoms with Crippen molar-refractivity contribution in [3.8, 4) is 0 Å². The van der Waals surface area contributed by atoms with E-state index in [-0.39, 0.29) is 5.54 Å². The Morgan fingerprint density at radius 2 is 2.11 bits per heavy atom. The third-order valence-corrected chi connectivity index (χ3v) is 5.00. The highest BCUT2D eigenvalue weighted by molar-refractivity contribution is 4.90. The average molecular weight is 254 g/mol. The van der Waals surface area contributed by atoms with E-state index in [9.17, 15) is 0 Å². The van der Waals surface area contributed by atoms with E-state index in [4.69, 9.17) is 10.5 Å². The maximum atomic E-state index is 6.34. The Morgan fingerprint density at radius 1 is 1.33 bits per heavy atom. The first-order valence-corrected chi connectivity index (χ1v) is 7.61. The van der Waals surface area contributed by atoms with Gasteiger partial charge in [-0.25, -0.2) is 0 Å². The van der Waals surface area contributed by atoms with Crippen LogP contribution in [0.1, 0.15) is 46.5 Å². The molecule has 3 heteroatoms. The van der Waals surface area contributed by atoms with E-state index in [1.807, 2.05) is 0 Å². The van der Waals surface area contributed by atoms with Crippen molar-refractivity contribution in [1.29, 1.82) is 0 Å². The second kappa shape index (κ2) is 5.89. The van der Waals surface area contributed by atoms with Gasteiger partial charge in [-0.15, -0.1) is 0 Å². The van der Waals surface area contributed by atoms with Crippen LogP contribution < -0.4 is 5.73 Å². The summed E-state index contributed by atoms with van der Waals surface area (Å²) in [5.41, 5.74) is 6.52. The van der Waals surface area contributed by atoms with Crippen LogP contribution in [-0.4, -0.2) is 42.8 Å². The quantitative estimate of drug-likeness (QED) is 0.839. The molecule has 0 aromatic carbocycles. The Morgan fingerprint density at radius 3 is 2.78 bits per heavy atom. The van der Waals surface area contributed by atoms with Gasteiger partial charge < -0.3 is 10.5 Å². The predicted molar refractivity (Wildman–Crippen MR) is 75.6 cm³/mol. The zero-order valence-corrected chi connectivity index (χ0v) is 12.3. The Hall–Kier alpha value is -0.120. The first-order valence-electron chi connectivity index (χ1n) is 7.61. The summed E-state index contributed by atoms with van der Waals surface area (Å²) in [6.07, 6.45) is 5.19. The molecular formula is C15H30N2O. The summed E-state index contributed by atoms with van der Waals surface area (Å²) in [5, 5.41) is 0. The fourth-order valence-electron chi connectivity index (χ4n) is 3.48. The molecule has 106 valence electrons. The minimum atomic E-state index is 0.178. The van der Waals surface area contributed by atoms with Crippen LogP contribution in [0.2, 0.25) is 0 Å². The minimum absolute atomic E-state index is 0.178. The zero-order valence-electron chi connectivity index (χ0n) is 12.3. The Kier molecular flexibility index (Phi) is 4.68. The molecule has 0 radical (unpaired) electrons. The van der Waals surface area contributed by atoms with Gasteiger partial charge in [0, 0.05) is 24.7 Å². The van der Waals surface area contributed by atoms with E-state index < -0.39 is 0 Å². The molecule has 1 aliphatic heterocycles. The largest absolute Gasteiger partial charge is 0.378 e. The number of morpholine rings is 1. The van der Waals surface area contributed by atoms with Crippen molar-refractivity contribution >= 4 is 0 Å². The normalized spacial score (nSPS) is 37.7. The molecular weight excluding hydrogens is 224 g/mol. The van der Waals surface area contributed by atoms with Crippen molar-refractivity contribution in [3.05, 3.63) is 0 Å². The van der Waals surface area contributed by atoms with E-state index in [2.05, 4.69) is 25.7 Å². The van der Waals surface area contributed by atoms with Gasteiger partial charge in [0.25, 0.3) is 0 Å².